The van der Waals surface area contributed by atoms with Gasteiger partial charge in [0.05, 0.1) is 25.2 Å². The fraction of sp³-hybridized carbons (Fsp3) is 0.961. The van der Waals surface area contributed by atoms with Crippen LogP contribution < -0.4 is 5.32 Å². The predicted octanol–water partition coefficient (Wildman–Crippen LogP) is 15.2. The zero-order chi connectivity index (χ0) is 41.7. The Kier molecular flexibility index (Phi) is 45.0. The summed E-state index contributed by atoms with van der Waals surface area (Å²) in [6.45, 7) is 6.50. The van der Waals surface area contributed by atoms with E-state index in [4.69, 9.17) is 4.74 Å². The first-order chi connectivity index (χ1) is 28.0. The van der Waals surface area contributed by atoms with E-state index in [1.165, 1.54) is 205 Å². The molecule has 0 aliphatic rings. The molecule has 1 amide bonds. The van der Waals surface area contributed by atoms with Crippen LogP contribution in [0.4, 0.5) is 0 Å². The molecule has 0 spiro atoms. The summed E-state index contributed by atoms with van der Waals surface area (Å²) >= 11 is 0. The highest BCUT2D eigenvalue weighted by Gasteiger charge is 2.24. The fourth-order valence-corrected chi connectivity index (χ4v) is 8.26. The maximum Gasteiger partial charge on any atom is 0.306 e. The second kappa shape index (κ2) is 45.9. The van der Waals surface area contributed by atoms with Crippen molar-refractivity contribution in [2.45, 2.75) is 309 Å². The Hall–Kier alpha value is -1.14. The lowest BCUT2D eigenvalue weighted by Gasteiger charge is -2.24. The number of amides is 1. The van der Waals surface area contributed by atoms with Crippen molar-refractivity contribution in [2.75, 3.05) is 6.61 Å². The summed E-state index contributed by atoms with van der Waals surface area (Å²) in [5, 5.41) is 23.7. The number of carbonyl (C=O) groups excluding carboxylic acids is 2. The second-order valence-corrected chi connectivity index (χ2v) is 17.9. The van der Waals surface area contributed by atoms with Gasteiger partial charge < -0.3 is 20.3 Å². The molecule has 6 heteroatoms. The lowest BCUT2D eigenvalue weighted by atomic mass is 10.0. The summed E-state index contributed by atoms with van der Waals surface area (Å²) in [5.41, 5.74) is 0. The summed E-state index contributed by atoms with van der Waals surface area (Å²) in [4.78, 5) is 26.0. The molecule has 0 aromatic heterocycles. The molecule has 0 aromatic rings. The maximum atomic E-state index is 13.2. The van der Waals surface area contributed by atoms with Crippen molar-refractivity contribution in [3.05, 3.63) is 0 Å². The first-order valence-corrected chi connectivity index (χ1v) is 25.8. The minimum Gasteiger partial charge on any atom is -0.462 e. The molecule has 0 bridgehead atoms. The van der Waals surface area contributed by atoms with Gasteiger partial charge in [0.25, 0.3) is 0 Å². The van der Waals surface area contributed by atoms with Crippen molar-refractivity contribution in [2.24, 2.45) is 0 Å². The van der Waals surface area contributed by atoms with Gasteiger partial charge in [-0.15, -0.1) is 0 Å². The molecule has 340 valence electrons. The smallest absolute Gasteiger partial charge is 0.306 e. The Bertz CT molecular complexity index is 821. The first kappa shape index (κ1) is 55.9. The quantitative estimate of drug-likeness (QED) is 0.0420. The van der Waals surface area contributed by atoms with Gasteiger partial charge in [0.15, 0.2) is 0 Å². The molecule has 6 nitrogen and oxygen atoms in total. The van der Waals surface area contributed by atoms with E-state index in [1.54, 1.807) is 0 Å². The number of aliphatic hydroxyl groups excluding tert-OH is 2. The number of carbonyl (C=O) groups is 2. The third-order valence-electron chi connectivity index (χ3n) is 12.2. The molecule has 0 fully saturated rings. The molecular formula is C51H101NO5. The van der Waals surface area contributed by atoms with Gasteiger partial charge in [0, 0.05) is 6.42 Å². The number of ether oxygens (including phenoxy) is 1. The van der Waals surface area contributed by atoms with Crippen LogP contribution in [0.2, 0.25) is 0 Å². The fourth-order valence-electron chi connectivity index (χ4n) is 8.26. The number of esters is 1. The van der Waals surface area contributed by atoms with Crippen LogP contribution in [0.1, 0.15) is 290 Å². The van der Waals surface area contributed by atoms with E-state index in [9.17, 15) is 19.8 Å². The molecule has 3 atom stereocenters. The van der Waals surface area contributed by atoms with E-state index in [0.717, 1.165) is 38.5 Å². The Morgan fingerprint density at radius 1 is 0.439 bits per heavy atom. The standard InChI is InChI=1S/C51H101NO5/c1-4-7-10-13-16-19-21-23-24-25-27-28-31-34-37-40-43-49(54)48(46-53)52-50(55)45-47(42-39-36-33-30-18-15-12-9-6-3)57-51(56)44-41-38-35-32-29-26-22-20-17-14-11-8-5-2/h47-49,53-54H,4-46H2,1-3H3,(H,52,55). The molecule has 0 saturated heterocycles. The largest absolute Gasteiger partial charge is 0.462 e. The molecule has 0 rings (SSSR count). The number of nitrogens with one attached hydrogen (secondary N) is 1. The van der Waals surface area contributed by atoms with Gasteiger partial charge in [-0.05, 0) is 25.7 Å². The number of hydrogen-bond acceptors (Lipinski definition) is 5. The van der Waals surface area contributed by atoms with E-state index < -0.39 is 18.2 Å². The van der Waals surface area contributed by atoms with Gasteiger partial charge in [-0.25, -0.2) is 0 Å². The average Bonchev–Trinajstić information content (AvgIpc) is 3.20. The highest BCUT2D eigenvalue weighted by atomic mass is 16.5. The van der Waals surface area contributed by atoms with Crippen molar-refractivity contribution >= 4 is 11.9 Å². The van der Waals surface area contributed by atoms with Gasteiger partial charge in [-0.2, -0.15) is 0 Å². The molecule has 0 radical (unpaired) electrons. The lowest BCUT2D eigenvalue weighted by molar-refractivity contribution is -0.151. The highest BCUT2D eigenvalue weighted by molar-refractivity contribution is 5.77. The molecule has 0 aliphatic heterocycles. The van der Waals surface area contributed by atoms with Gasteiger partial charge >= 0.3 is 5.97 Å². The van der Waals surface area contributed by atoms with E-state index in [0.29, 0.717) is 19.3 Å². The van der Waals surface area contributed by atoms with Gasteiger partial charge in [-0.3, -0.25) is 9.59 Å². The van der Waals surface area contributed by atoms with Crippen molar-refractivity contribution in [3.8, 4) is 0 Å². The van der Waals surface area contributed by atoms with Crippen LogP contribution >= 0.6 is 0 Å². The van der Waals surface area contributed by atoms with Crippen LogP contribution in [0, 0.1) is 0 Å². The maximum absolute atomic E-state index is 13.2. The number of aliphatic hydroxyl groups is 2. The van der Waals surface area contributed by atoms with Crippen LogP contribution in [-0.4, -0.2) is 46.9 Å². The second-order valence-electron chi connectivity index (χ2n) is 17.9. The third kappa shape index (κ3) is 41.4. The molecule has 0 heterocycles. The van der Waals surface area contributed by atoms with Crippen LogP contribution in [-0.2, 0) is 14.3 Å². The minimum atomic E-state index is -0.778. The summed E-state index contributed by atoms with van der Waals surface area (Å²) in [7, 11) is 0. The Morgan fingerprint density at radius 2 is 0.737 bits per heavy atom. The number of hydrogen-bond donors (Lipinski definition) is 3. The topological polar surface area (TPSA) is 95.9 Å². The van der Waals surface area contributed by atoms with Crippen molar-refractivity contribution in [3.63, 3.8) is 0 Å². The predicted molar refractivity (Wildman–Crippen MR) is 246 cm³/mol. The molecule has 0 saturated carbocycles. The zero-order valence-corrected chi connectivity index (χ0v) is 38.8. The first-order valence-electron chi connectivity index (χ1n) is 25.8. The molecule has 0 aromatic carbocycles. The Morgan fingerprint density at radius 3 is 1.07 bits per heavy atom. The zero-order valence-electron chi connectivity index (χ0n) is 38.8. The Balaban J connectivity index is 4.39. The summed E-state index contributed by atoms with van der Waals surface area (Å²) in [5.74, 6) is -0.455. The minimum absolute atomic E-state index is 0.0869. The number of rotatable bonds is 47. The van der Waals surface area contributed by atoms with Crippen LogP contribution in [0.25, 0.3) is 0 Å². The number of unbranched alkanes of at least 4 members (excludes halogenated alkanes) is 35. The lowest BCUT2D eigenvalue weighted by Crippen LogP contribution is -2.46. The summed E-state index contributed by atoms with van der Waals surface area (Å²) < 4.78 is 5.91. The van der Waals surface area contributed by atoms with Crippen molar-refractivity contribution < 1.29 is 24.5 Å². The molecule has 57 heavy (non-hydrogen) atoms. The molecular weight excluding hydrogens is 707 g/mol. The van der Waals surface area contributed by atoms with E-state index >= 15 is 0 Å². The normalized spacial score (nSPS) is 13.1. The van der Waals surface area contributed by atoms with Gasteiger partial charge in [0.2, 0.25) is 5.91 Å². The van der Waals surface area contributed by atoms with E-state index in [1.807, 2.05) is 0 Å². The van der Waals surface area contributed by atoms with Crippen LogP contribution in [0.3, 0.4) is 0 Å². The molecule has 0 aliphatic carbocycles. The third-order valence-corrected chi connectivity index (χ3v) is 12.2. The van der Waals surface area contributed by atoms with Gasteiger partial charge in [0.1, 0.15) is 6.10 Å². The van der Waals surface area contributed by atoms with Crippen LogP contribution in [0.15, 0.2) is 0 Å². The molecule has 3 unspecified atom stereocenters. The van der Waals surface area contributed by atoms with Gasteiger partial charge in [-0.1, -0.05) is 252 Å². The van der Waals surface area contributed by atoms with E-state index in [2.05, 4.69) is 26.1 Å². The Labute approximate surface area is 356 Å². The monoisotopic (exact) mass is 808 g/mol. The summed E-state index contributed by atoms with van der Waals surface area (Å²) in [6.07, 6.45) is 48.8. The SMILES string of the molecule is CCCCCCCCCCCCCCCCCCC(O)C(CO)NC(=O)CC(CCCCCCCCCCC)OC(=O)CCCCCCCCCCCCCCC. The van der Waals surface area contributed by atoms with Crippen molar-refractivity contribution in [1.82, 2.24) is 5.32 Å². The summed E-state index contributed by atoms with van der Waals surface area (Å²) in [6, 6.07) is -0.691. The van der Waals surface area contributed by atoms with Crippen molar-refractivity contribution in [1.29, 1.82) is 0 Å². The van der Waals surface area contributed by atoms with Crippen LogP contribution in [0.5, 0.6) is 0 Å². The molecule has 3 N–H and O–H groups in total. The average molecular weight is 808 g/mol. The van der Waals surface area contributed by atoms with E-state index in [-0.39, 0.29) is 24.9 Å². The highest BCUT2D eigenvalue weighted by Crippen LogP contribution is 2.19.